The SMILES string of the molecule is CC(C)(C)OC(=O)N1C(Cc2ccc(C(=O)O)cc2)CC[C@@H]1[C@H](O[Si](C)(C)C(C)(C)C)c1ccccc1.CN(Cc1cccc(=O)[nH]1)C(=O)c1ccc(C[C@@H]2CC[C@H]([C@H](O)c3ccccc3)C2)cc1.CNCc1cccc(OC)n1.COc1cccc(CN(C)C(=O)c2ccc(C[C@@H]3CC[C@H]([C@H](O[Si](C)(C)C(C)(C)C)c4ccccc4)C3)cc2)n1.[B]. The van der Waals surface area contributed by atoms with E-state index in [4.69, 9.17) is 23.1 Å². The van der Waals surface area contributed by atoms with Gasteiger partial charge in [0, 0.05) is 70.1 Å². The number of methoxy groups -OCH3 is 2. The number of likely N-dealkylation sites (tertiary alicyclic amines) is 1. The van der Waals surface area contributed by atoms with Gasteiger partial charge in [-0.25, -0.2) is 19.6 Å². The van der Waals surface area contributed by atoms with Crippen LogP contribution in [0.1, 0.15) is 214 Å². The summed E-state index contributed by atoms with van der Waals surface area (Å²) in [6.07, 6.45) is 10.2. The Morgan fingerprint density at radius 3 is 1.41 bits per heavy atom. The van der Waals surface area contributed by atoms with Crippen molar-refractivity contribution in [2.24, 2.45) is 23.7 Å². The van der Waals surface area contributed by atoms with Gasteiger partial charge in [-0.3, -0.25) is 19.3 Å². The first-order valence-electron chi connectivity index (χ1n) is 42.4. The van der Waals surface area contributed by atoms with Gasteiger partial charge in [-0.2, -0.15) is 0 Å². The predicted octanol–water partition coefficient (Wildman–Crippen LogP) is 20.3. The number of aliphatic hydroxyl groups is 1. The number of ether oxygens (including phenoxy) is 3. The monoisotopic (exact) mass is 1680 g/mol. The molecule has 4 N–H and O–H groups in total. The summed E-state index contributed by atoms with van der Waals surface area (Å²) in [6, 6.07) is 69.9. The highest BCUT2D eigenvalue weighted by Crippen LogP contribution is 2.49. The van der Waals surface area contributed by atoms with Gasteiger partial charge in [-0.05, 0) is 246 Å². The molecule has 22 heteroatoms. The number of aromatic carboxylic acids is 1. The molecule has 3 aliphatic rings. The van der Waals surface area contributed by atoms with E-state index in [-0.39, 0.29) is 71.8 Å². The van der Waals surface area contributed by atoms with Crippen LogP contribution in [0.3, 0.4) is 0 Å². The second kappa shape index (κ2) is 44.3. The van der Waals surface area contributed by atoms with Crippen molar-refractivity contribution >= 4 is 48.9 Å². The van der Waals surface area contributed by atoms with Crippen molar-refractivity contribution in [1.82, 2.24) is 35.0 Å². The third-order valence-electron chi connectivity index (χ3n) is 24.2. The lowest BCUT2D eigenvalue weighted by Crippen LogP contribution is -2.50. The van der Waals surface area contributed by atoms with Crippen molar-refractivity contribution in [2.75, 3.05) is 35.4 Å². The van der Waals surface area contributed by atoms with Crippen LogP contribution < -0.4 is 20.3 Å². The molecule has 9 atom stereocenters. The standard InChI is InChI=1S/C34H46N2O3Si.C30H43NO5Si.C27H30N2O3.C8H12N2O.B/c1-34(2,3)40(6,7)39-32(27-12-9-8-10-13-27)29-21-18-26(23-29)22-25-16-19-28(20-17-25)33(37)36(4)24-30-14-11-15-31(35-30)38-5;1-29(2,3)35-28(34)31-24(20-21-14-16-23(17-15-21)27(32)33)18-19-25(31)26(22-12-10-9-11-13-22)36-37(7,8)30(4,5)6;1-29(18-24-8-5-9-25(30)28-24)27(32)22-13-10-19(11-14-22)16-20-12-15-23(17-20)26(31)21-6-3-2-4-7-21;1-9-6-7-4-3-5-8(10-7)11-2;/h8-17,19-20,26,29,32H,18,21-24H2,1-7H3;9-17,24-26H,18-20H2,1-8H3,(H,32,33);2-11,13-14,20,23,26,31H,12,15-18H2,1H3,(H,28,30);3-5,9H,6H2,1-2H3;/t26-,29-,32+;24?,25-,26-;20-,23-,26+;;/m010../s1. The summed E-state index contributed by atoms with van der Waals surface area (Å²) < 4.78 is 30.2. The van der Waals surface area contributed by atoms with Gasteiger partial charge in [0.05, 0.1) is 68.6 Å². The second-order valence-corrected chi connectivity index (χ2v) is 46.1. The number of rotatable bonds is 27. The molecule has 3 radical (unpaired) electrons. The Morgan fingerprint density at radius 2 is 0.942 bits per heavy atom. The average Bonchev–Trinajstić information content (AvgIpc) is 1.66. The summed E-state index contributed by atoms with van der Waals surface area (Å²) in [7, 11) is 4.55. The summed E-state index contributed by atoms with van der Waals surface area (Å²) in [5, 5.41) is 23.2. The molecule has 4 heterocycles. The summed E-state index contributed by atoms with van der Waals surface area (Å²) in [5.41, 5.74) is 10.2. The predicted molar refractivity (Wildman–Crippen MR) is 489 cm³/mol. The number of carboxylic acids is 1. The summed E-state index contributed by atoms with van der Waals surface area (Å²) in [5.74, 6) is 2.20. The van der Waals surface area contributed by atoms with Gasteiger partial charge in [-0.1, -0.05) is 187 Å². The first-order valence-corrected chi connectivity index (χ1v) is 48.3. The zero-order valence-corrected chi connectivity index (χ0v) is 76.7. The van der Waals surface area contributed by atoms with E-state index in [0.29, 0.717) is 71.8 Å². The molecule has 3 amide bonds. The number of hydrogen-bond acceptors (Lipinski definition) is 14. The number of nitrogens with one attached hydrogen (secondary N) is 2. The molecule has 9 aromatic rings. The molecule has 12 rings (SSSR count). The van der Waals surface area contributed by atoms with Gasteiger partial charge < -0.3 is 53.4 Å². The first-order chi connectivity index (χ1) is 56.9. The van der Waals surface area contributed by atoms with Crippen LogP contribution in [0.25, 0.3) is 0 Å². The lowest BCUT2D eigenvalue weighted by Gasteiger charge is -2.43. The van der Waals surface area contributed by atoms with Gasteiger partial charge in [-0.15, -0.1) is 0 Å². The molecular weight excluding hydrogens is 1550 g/mol. The van der Waals surface area contributed by atoms with Gasteiger partial charge in [0.2, 0.25) is 17.3 Å². The van der Waals surface area contributed by atoms with Gasteiger partial charge in [0.15, 0.2) is 16.6 Å². The number of carbonyl (C=O) groups excluding carboxylic acids is 3. The van der Waals surface area contributed by atoms with Crippen molar-refractivity contribution in [2.45, 2.75) is 225 Å². The molecule has 645 valence electrons. The van der Waals surface area contributed by atoms with Crippen molar-refractivity contribution in [3.8, 4) is 11.8 Å². The maximum absolute atomic E-state index is 13.7. The normalized spacial score (nSPS) is 17.9. The molecular formula is C99H131BN7O12Si2. The molecule has 0 spiro atoms. The van der Waals surface area contributed by atoms with Crippen molar-refractivity contribution < 1.29 is 52.5 Å². The second-order valence-electron chi connectivity index (χ2n) is 36.6. The number of aliphatic hydroxyl groups excluding tert-OH is 1. The fourth-order valence-corrected chi connectivity index (χ4v) is 18.2. The van der Waals surface area contributed by atoms with E-state index >= 15 is 0 Å². The topological polar surface area (TPSA) is 235 Å². The fraction of sp³-hybridized carbons (Fsp3) is 0.444. The number of aromatic nitrogens is 3. The maximum atomic E-state index is 13.7. The Balaban J connectivity index is 0.000000212. The quantitative estimate of drug-likeness (QED) is 0.0350. The number of H-pyrrole nitrogens is 1. The van der Waals surface area contributed by atoms with Crippen LogP contribution in [0.2, 0.25) is 36.3 Å². The van der Waals surface area contributed by atoms with Crippen LogP contribution in [0.5, 0.6) is 11.8 Å². The highest BCUT2D eigenvalue weighted by molar-refractivity contribution is 6.74. The Bertz CT molecular complexity index is 4770. The van der Waals surface area contributed by atoms with Crippen LogP contribution in [-0.2, 0) is 52.5 Å². The number of nitrogens with zero attached hydrogens (tertiary/aromatic N) is 5. The minimum absolute atomic E-state index is 0. The number of amides is 3. The van der Waals surface area contributed by atoms with Crippen LogP contribution in [0.4, 0.5) is 4.79 Å². The summed E-state index contributed by atoms with van der Waals surface area (Å²) in [4.78, 5) is 78.8. The Hall–Kier alpha value is -9.81. The molecule has 6 aromatic carbocycles. The lowest BCUT2D eigenvalue weighted by molar-refractivity contribution is -0.00242. The number of pyridine rings is 3. The molecule has 3 fully saturated rings. The molecule has 2 saturated carbocycles. The van der Waals surface area contributed by atoms with E-state index in [2.05, 4.69) is 143 Å². The van der Waals surface area contributed by atoms with Crippen LogP contribution in [0.15, 0.2) is 223 Å². The van der Waals surface area contributed by atoms with Crippen LogP contribution >= 0.6 is 0 Å². The molecule has 3 aromatic heterocycles. The molecule has 0 bridgehead atoms. The average molecular weight is 1680 g/mol. The van der Waals surface area contributed by atoms with Crippen LogP contribution in [-0.4, -0.2) is 142 Å². The Kier molecular flexibility index (Phi) is 35.4. The fourth-order valence-electron chi connectivity index (χ4n) is 15.6. The third-order valence-corrected chi connectivity index (χ3v) is 33.1. The van der Waals surface area contributed by atoms with Gasteiger partial charge in [0.1, 0.15) is 5.60 Å². The van der Waals surface area contributed by atoms with E-state index in [9.17, 15) is 34.2 Å². The highest BCUT2D eigenvalue weighted by Gasteiger charge is 2.48. The minimum Gasteiger partial charge on any atom is -0.481 e. The van der Waals surface area contributed by atoms with Crippen molar-refractivity contribution in [3.05, 3.63) is 296 Å². The zero-order chi connectivity index (χ0) is 87.1. The Labute approximate surface area is 723 Å². The number of carbonyl (C=O) groups is 4. The third kappa shape index (κ3) is 28.4. The van der Waals surface area contributed by atoms with E-state index in [0.717, 1.165) is 79.6 Å². The van der Waals surface area contributed by atoms with Crippen molar-refractivity contribution in [3.63, 3.8) is 0 Å². The number of aromatic amines is 1. The Morgan fingerprint density at radius 1 is 0.512 bits per heavy atom. The number of hydrogen-bond donors (Lipinski definition) is 4. The molecule has 19 nitrogen and oxygen atoms in total. The summed E-state index contributed by atoms with van der Waals surface area (Å²) >= 11 is 0. The van der Waals surface area contributed by atoms with E-state index in [1.165, 1.54) is 42.0 Å². The smallest absolute Gasteiger partial charge is 0.410 e. The van der Waals surface area contributed by atoms with E-state index in [1.54, 1.807) is 61.4 Å². The first kappa shape index (κ1) is 96.6. The van der Waals surface area contributed by atoms with E-state index in [1.807, 2.05) is 167 Å². The van der Waals surface area contributed by atoms with E-state index < -0.39 is 34.3 Å². The summed E-state index contributed by atoms with van der Waals surface area (Å²) in [6.45, 7) is 30.1. The molecule has 2 aliphatic carbocycles. The molecule has 1 aliphatic heterocycles. The van der Waals surface area contributed by atoms with Crippen LogP contribution in [0, 0.1) is 23.7 Å². The maximum Gasteiger partial charge on any atom is 0.410 e. The van der Waals surface area contributed by atoms with Gasteiger partial charge in [0.25, 0.3) is 11.8 Å². The zero-order valence-electron chi connectivity index (χ0n) is 74.7. The number of benzene rings is 6. The van der Waals surface area contributed by atoms with Gasteiger partial charge >= 0.3 is 12.1 Å². The molecule has 1 saturated heterocycles. The molecule has 121 heavy (non-hydrogen) atoms. The lowest BCUT2D eigenvalue weighted by atomic mass is 9.91. The molecule has 1 unspecified atom stereocenters. The number of carboxylic acid groups (broad SMARTS) is 1. The minimum atomic E-state index is -2.18. The van der Waals surface area contributed by atoms with Crippen molar-refractivity contribution in [1.29, 1.82) is 0 Å². The highest BCUT2D eigenvalue weighted by atomic mass is 28.4. The largest absolute Gasteiger partial charge is 0.481 e.